The van der Waals surface area contributed by atoms with Gasteiger partial charge in [0, 0.05) is 61.9 Å². The molecular formula is C18H29N5S. The van der Waals surface area contributed by atoms with Gasteiger partial charge in [0.1, 0.15) is 18.0 Å². The maximum Gasteiger partial charge on any atom is 0.134 e. The summed E-state index contributed by atoms with van der Waals surface area (Å²) in [6, 6.07) is 4.31. The van der Waals surface area contributed by atoms with E-state index in [0.717, 1.165) is 43.9 Å². The predicted molar refractivity (Wildman–Crippen MR) is 102 cm³/mol. The van der Waals surface area contributed by atoms with Crippen molar-refractivity contribution in [1.29, 1.82) is 0 Å². The van der Waals surface area contributed by atoms with Crippen LogP contribution in [0.3, 0.4) is 0 Å². The summed E-state index contributed by atoms with van der Waals surface area (Å²) in [6.45, 7) is 9.13. The van der Waals surface area contributed by atoms with Gasteiger partial charge in [0.15, 0.2) is 0 Å². The van der Waals surface area contributed by atoms with Crippen LogP contribution >= 0.6 is 11.8 Å². The van der Waals surface area contributed by atoms with Crippen LogP contribution in [0.1, 0.15) is 33.1 Å². The first-order valence-corrected chi connectivity index (χ1v) is 10.5. The molecule has 1 aromatic heterocycles. The van der Waals surface area contributed by atoms with Crippen LogP contribution in [-0.4, -0.2) is 70.7 Å². The number of hydrogen-bond acceptors (Lipinski definition) is 6. The van der Waals surface area contributed by atoms with Crippen LogP contribution in [0.5, 0.6) is 0 Å². The van der Waals surface area contributed by atoms with Gasteiger partial charge in [-0.25, -0.2) is 9.97 Å². The van der Waals surface area contributed by atoms with Gasteiger partial charge in [-0.3, -0.25) is 4.90 Å². The SMILES string of the molecule is CC(C)N1[C@H]2CC[C@H]1CN(c1cc(N3CCSCC3)ncn1)CC2. The summed E-state index contributed by atoms with van der Waals surface area (Å²) in [5.41, 5.74) is 0. The van der Waals surface area contributed by atoms with E-state index in [1.165, 1.54) is 30.8 Å². The highest BCUT2D eigenvalue weighted by Crippen LogP contribution is 2.33. The lowest BCUT2D eigenvalue weighted by Crippen LogP contribution is -2.43. The van der Waals surface area contributed by atoms with E-state index in [4.69, 9.17) is 0 Å². The van der Waals surface area contributed by atoms with Gasteiger partial charge in [0.05, 0.1) is 0 Å². The van der Waals surface area contributed by atoms with Gasteiger partial charge in [0.2, 0.25) is 0 Å². The standard InChI is InChI=1S/C18H29N5S/c1-14(2)23-15-3-4-16(23)12-22(6-5-15)18-11-17(19-13-20-18)21-7-9-24-10-8-21/h11,13-16H,3-10,12H2,1-2H3/t15-,16-/m0/s1. The molecular weight excluding hydrogens is 318 g/mol. The third-order valence-electron chi connectivity index (χ3n) is 5.73. The molecule has 0 radical (unpaired) electrons. The van der Waals surface area contributed by atoms with Crippen molar-refractivity contribution in [2.45, 2.75) is 51.2 Å². The molecule has 24 heavy (non-hydrogen) atoms. The molecule has 2 atom stereocenters. The fourth-order valence-corrected chi connectivity index (χ4v) is 5.54. The van der Waals surface area contributed by atoms with Gasteiger partial charge >= 0.3 is 0 Å². The Hall–Kier alpha value is -1.01. The quantitative estimate of drug-likeness (QED) is 0.836. The summed E-state index contributed by atoms with van der Waals surface area (Å²) in [4.78, 5) is 16.8. The molecule has 6 heteroatoms. The molecule has 0 unspecified atom stereocenters. The van der Waals surface area contributed by atoms with E-state index in [0.29, 0.717) is 12.1 Å². The molecule has 0 amide bonds. The predicted octanol–water partition coefficient (Wildman–Crippen LogP) is 2.48. The number of hydrogen-bond donors (Lipinski definition) is 0. The molecule has 0 N–H and O–H groups in total. The molecule has 3 saturated heterocycles. The molecule has 3 fully saturated rings. The Balaban J connectivity index is 1.52. The number of fused-ring (bicyclic) bond motifs is 2. The van der Waals surface area contributed by atoms with Gasteiger partial charge < -0.3 is 9.80 Å². The second kappa shape index (κ2) is 7.08. The average molecular weight is 348 g/mol. The topological polar surface area (TPSA) is 35.5 Å². The summed E-state index contributed by atoms with van der Waals surface area (Å²) >= 11 is 2.04. The number of rotatable bonds is 3. The Morgan fingerprint density at radius 2 is 1.67 bits per heavy atom. The van der Waals surface area contributed by atoms with Gasteiger partial charge in [-0.05, 0) is 33.1 Å². The third-order valence-corrected chi connectivity index (χ3v) is 6.68. The first-order valence-electron chi connectivity index (χ1n) is 9.39. The Morgan fingerprint density at radius 3 is 2.42 bits per heavy atom. The van der Waals surface area contributed by atoms with Crippen molar-refractivity contribution < 1.29 is 0 Å². The number of anilines is 2. The minimum absolute atomic E-state index is 0.647. The Labute approximate surface area is 149 Å². The van der Waals surface area contributed by atoms with E-state index in [2.05, 4.69) is 44.6 Å². The first kappa shape index (κ1) is 16.5. The van der Waals surface area contributed by atoms with Crippen molar-refractivity contribution in [3.63, 3.8) is 0 Å². The van der Waals surface area contributed by atoms with Gasteiger partial charge in [-0.15, -0.1) is 0 Å². The summed E-state index contributed by atoms with van der Waals surface area (Å²) in [6.07, 6.45) is 5.72. The Kier molecular flexibility index (Phi) is 4.86. The molecule has 1 aromatic rings. The van der Waals surface area contributed by atoms with Crippen LogP contribution in [0.25, 0.3) is 0 Å². The van der Waals surface area contributed by atoms with Crippen LogP contribution in [-0.2, 0) is 0 Å². The minimum atomic E-state index is 0.647. The van der Waals surface area contributed by atoms with E-state index < -0.39 is 0 Å². The van der Waals surface area contributed by atoms with Gasteiger partial charge in [-0.1, -0.05) is 0 Å². The first-order chi connectivity index (χ1) is 11.7. The third kappa shape index (κ3) is 3.23. The van der Waals surface area contributed by atoms with Crippen molar-refractivity contribution in [3.8, 4) is 0 Å². The van der Waals surface area contributed by atoms with Crippen molar-refractivity contribution in [3.05, 3.63) is 12.4 Å². The zero-order valence-electron chi connectivity index (χ0n) is 14.9. The largest absolute Gasteiger partial charge is 0.355 e. The molecule has 0 saturated carbocycles. The normalized spacial score (nSPS) is 28.5. The fourth-order valence-electron chi connectivity index (χ4n) is 4.64. The lowest BCUT2D eigenvalue weighted by Gasteiger charge is -2.32. The number of nitrogens with zero attached hydrogens (tertiary/aromatic N) is 5. The summed E-state index contributed by atoms with van der Waals surface area (Å²) in [5.74, 6) is 4.64. The van der Waals surface area contributed by atoms with Crippen LogP contribution in [0.15, 0.2) is 12.4 Å². The second-order valence-electron chi connectivity index (χ2n) is 7.49. The van der Waals surface area contributed by atoms with E-state index in [1.54, 1.807) is 6.33 Å². The van der Waals surface area contributed by atoms with E-state index in [1.807, 2.05) is 11.8 Å². The molecule has 4 rings (SSSR count). The molecule has 4 heterocycles. The van der Waals surface area contributed by atoms with Crippen LogP contribution < -0.4 is 9.80 Å². The zero-order chi connectivity index (χ0) is 16.5. The lowest BCUT2D eigenvalue weighted by atomic mass is 10.1. The second-order valence-corrected chi connectivity index (χ2v) is 8.72. The van der Waals surface area contributed by atoms with Crippen LogP contribution in [0.4, 0.5) is 11.6 Å². The van der Waals surface area contributed by atoms with Crippen LogP contribution in [0.2, 0.25) is 0 Å². The van der Waals surface area contributed by atoms with Gasteiger partial charge in [-0.2, -0.15) is 11.8 Å². The molecule has 132 valence electrons. The minimum Gasteiger partial charge on any atom is -0.355 e. The highest BCUT2D eigenvalue weighted by atomic mass is 32.2. The molecule has 0 spiro atoms. The van der Waals surface area contributed by atoms with Crippen molar-refractivity contribution in [2.75, 3.05) is 47.5 Å². The number of thioether (sulfide) groups is 1. The zero-order valence-corrected chi connectivity index (χ0v) is 15.7. The molecule has 5 nitrogen and oxygen atoms in total. The average Bonchev–Trinajstić information content (AvgIpc) is 2.90. The van der Waals surface area contributed by atoms with E-state index in [9.17, 15) is 0 Å². The maximum atomic E-state index is 4.62. The molecule has 3 aliphatic heterocycles. The maximum absolute atomic E-state index is 4.62. The molecule has 0 aliphatic carbocycles. The highest BCUT2D eigenvalue weighted by Gasteiger charge is 2.38. The molecule has 2 bridgehead atoms. The Morgan fingerprint density at radius 1 is 0.958 bits per heavy atom. The summed E-state index contributed by atoms with van der Waals surface area (Å²) in [5, 5.41) is 0. The fraction of sp³-hybridized carbons (Fsp3) is 0.778. The van der Waals surface area contributed by atoms with Crippen molar-refractivity contribution in [2.24, 2.45) is 0 Å². The molecule has 3 aliphatic rings. The van der Waals surface area contributed by atoms with Crippen molar-refractivity contribution in [1.82, 2.24) is 14.9 Å². The smallest absolute Gasteiger partial charge is 0.134 e. The van der Waals surface area contributed by atoms with Crippen molar-refractivity contribution >= 4 is 23.4 Å². The Bertz CT molecular complexity index is 560. The summed E-state index contributed by atoms with van der Waals surface area (Å²) in [7, 11) is 0. The van der Waals surface area contributed by atoms with E-state index in [-0.39, 0.29) is 0 Å². The lowest BCUT2D eigenvalue weighted by molar-refractivity contribution is 0.158. The molecule has 0 aromatic carbocycles. The number of aromatic nitrogens is 2. The van der Waals surface area contributed by atoms with Crippen LogP contribution in [0, 0.1) is 0 Å². The van der Waals surface area contributed by atoms with Gasteiger partial charge in [0.25, 0.3) is 0 Å². The highest BCUT2D eigenvalue weighted by molar-refractivity contribution is 7.99. The monoisotopic (exact) mass is 347 g/mol. The van der Waals surface area contributed by atoms with E-state index >= 15 is 0 Å². The summed E-state index contributed by atoms with van der Waals surface area (Å²) < 4.78 is 0.